The quantitative estimate of drug-likeness (QED) is 0.733. The third kappa shape index (κ3) is 1.69. The van der Waals surface area contributed by atoms with Gasteiger partial charge in [0.2, 0.25) is 6.29 Å². The van der Waals surface area contributed by atoms with Gasteiger partial charge in [-0.15, -0.1) is 0 Å². The Hall–Kier alpha value is -0.940. The number of esters is 1. The lowest BCUT2D eigenvalue weighted by atomic mass is 9.59. The van der Waals surface area contributed by atoms with Crippen LogP contribution in [0.4, 0.5) is 0 Å². The van der Waals surface area contributed by atoms with Crippen LogP contribution in [0.2, 0.25) is 0 Å². The van der Waals surface area contributed by atoms with E-state index in [1.165, 1.54) is 6.92 Å². The van der Waals surface area contributed by atoms with Gasteiger partial charge < -0.3 is 14.6 Å². The van der Waals surface area contributed by atoms with Crippen LogP contribution in [0, 0.1) is 23.7 Å². The first-order valence-electron chi connectivity index (χ1n) is 7.44. The maximum atomic E-state index is 11.8. The third-order valence-corrected chi connectivity index (χ3v) is 5.64. The van der Waals surface area contributed by atoms with Crippen LogP contribution in [0.5, 0.6) is 0 Å². The predicted octanol–water partition coefficient (Wildman–Crippen LogP) is 1.28. The monoisotopic (exact) mass is 282 g/mol. The predicted molar refractivity (Wildman–Crippen MR) is 69.5 cm³/mol. The van der Waals surface area contributed by atoms with Crippen LogP contribution in [0.25, 0.3) is 0 Å². The second-order valence-electron chi connectivity index (χ2n) is 6.65. The highest BCUT2D eigenvalue weighted by Gasteiger charge is 2.66. The third-order valence-electron chi connectivity index (χ3n) is 5.64. The topological polar surface area (TPSA) is 72.8 Å². The largest absolute Gasteiger partial charge is 0.432 e. The van der Waals surface area contributed by atoms with Crippen LogP contribution < -0.4 is 0 Å². The van der Waals surface area contributed by atoms with Gasteiger partial charge in [0, 0.05) is 5.92 Å². The zero-order chi connectivity index (χ0) is 14.7. The molecule has 3 aliphatic rings. The minimum atomic E-state index is -1.26. The van der Waals surface area contributed by atoms with Crippen LogP contribution in [0.1, 0.15) is 40.0 Å². The van der Waals surface area contributed by atoms with Crippen LogP contribution >= 0.6 is 0 Å². The Morgan fingerprint density at radius 1 is 1.30 bits per heavy atom. The SMILES string of the molecule is CC(=O)[C@@H]1C[C@H]2[C@H](C)CC[C@H]3[C@@H](C)C(=O)O[C@H](O)[C@@]23O1. The molecule has 20 heavy (non-hydrogen) atoms. The van der Waals surface area contributed by atoms with Crippen molar-refractivity contribution in [3.63, 3.8) is 0 Å². The number of aliphatic hydroxyl groups is 1. The molecule has 0 aromatic heterocycles. The number of hydrogen-bond acceptors (Lipinski definition) is 5. The lowest BCUT2D eigenvalue weighted by Gasteiger charge is -2.53. The summed E-state index contributed by atoms with van der Waals surface area (Å²) in [5, 5.41) is 10.4. The first-order valence-corrected chi connectivity index (χ1v) is 7.44. The van der Waals surface area contributed by atoms with Gasteiger partial charge in [-0.1, -0.05) is 13.8 Å². The molecule has 112 valence electrons. The lowest BCUT2D eigenvalue weighted by Crippen LogP contribution is -2.64. The zero-order valence-electron chi connectivity index (χ0n) is 12.2. The molecule has 5 heteroatoms. The number of hydrogen-bond donors (Lipinski definition) is 1. The summed E-state index contributed by atoms with van der Waals surface area (Å²) in [6.07, 6.45) is 0.703. The first-order chi connectivity index (χ1) is 9.37. The molecule has 0 unspecified atom stereocenters. The molecular weight excluding hydrogens is 260 g/mol. The summed E-state index contributed by atoms with van der Waals surface area (Å²) in [6, 6.07) is 0. The summed E-state index contributed by atoms with van der Waals surface area (Å²) in [6.45, 7) is 5.48. The molecule has 2 aliphatic heterocycles. The van der Waals surface area contributed by atoms with Crippen LogP contribution in [-0.2, 0) is 19.1 Å². The van der Waals surface area contributed by atoms with E-state index in [1.807, 2.05) is 6.92 Å². The number of ketones is 1. The lowest BCUT2D eigenvalue weighted by molar-refractivity contribution is -0.290. The second kappa shape index (κ2) is 4.53. The van der Waals surface area contributed by atoms with E-state index in [1.54, 1.807) is 0 Å². The summed E-state index contributed by atoms with van der Waals surface area (Å²) in [4.78, 5) is 23.5. The molecular formula is C15H22O5. The smallest absolute Gasteiger partial charge is 0.311 e. The van der Waals surface area contributed by atoms with Crippen molar-refractivity contribution in [1.82, 2.24) is 0 Å². The standard InChI is InChI=1S/C15H22O5/c1-7-4-5-10-8(2)13(17)19-14(18)15(10)11(7)6-12(20-15)9(3)16/h7-8,10-12,14,18H,4-6H2,1-3H3/t7-,8-,10+,11+,12+,14+,15+/m1/s1. The summed E-state index contributed by atoms with van der Waals surface area (Å²) in [5.41, 5.74) is -0.888. The van der Waals surface area contributed by atoms with Crippen molar-refractivity contribution < 1.29 is 24.2 Å². The molecule has 0 aromatic rings. The molecule has 0 amide bonds. The Labute approximate surface area is 118 Å². The Balaban J connectivity index is 2.03. The number of Topliss-reactive ketones (excluding diaryl/α,β-unsaturated/α-hetero) is 1. The highest BCUT2D eigenvalue weighted by atomic mass is 16.7. The van der Waals surface area contributed by atoms with E-state index in [0.29, 0.717) is 12.3 Å². The van der Waals surface area contributed by atoms with Crippen LogP contribution in [0.15, 0.2) is 0 Å². The fraction of sp³-hybridized carbons (Fsp3) is 0.867. The Morgan fingerprint density at radius 3 is 2.65 bits per heavy atom. The number of carbonyl (C=O) groups is 2. The molecule has 2 saturated heterocycles. The van der Waals surface area contributed by atoms with Crippen molar-refractivity contribution in [2.24, 2.45) is 23.7 Å². The van der Waals surface area contributed by atoms with Gasteiger partial charge in [0.1, 0.15) is 11.7 Å². The number of carbonyl (C=O) groups excluding carboxylic acids is 2. The molecule has 0 aromatic carbocycles. The van der Waals surface area contributed by atoms with Crippen molar-refractivity contribution in [2.45, 2.75) is 58.0 Å². The summed E-state index contributed by atoms with van der Waals surface area (Å²) < 4.78 is 11.2. The maximum Gasteiger partial charge on any atom is 0.311 e. The van der Waals surface area contributed by atoms with E-state index in [2.05, 4.69) is 6.92 Å². The molecule has 1 saturated carbocycles. The highest BCUT2D eigenvalue weighted by Crippen LogP contribution is 2.57. The normalized spacial score (nSPS) is 51.1. The molecule has 5 nitrogen and oxygen atoms in total. The van der Waals surface area contributed by atoms with E-state index in [9.17, 15) is 14.7 Å². The van der Waals surface area contributed by atoms with Gasteiger partial charge in [-0.2, -0.15) is 0 Å². The summed E-state index contributed by atoms with van der Waals surface area (Å²) in [7, 11) is 0. The van der Waals surface area contributed by atoms with Crippen molar-refractivity contribution >= 4 is 11.8 Å². The van der Waals surface area contributed by atoms with Gasteiger partial charge in [-0.25, -0.2) is 0 Å². The molecule has 7 atom stereocenters. The highest BCUT2D eigenvalue weighted by molar-refractivity contribution is 5.81. The molecule has 0 radical (unpaired) electrons. The Kier molecular flexibility index (Phi) is 3.18. The molecule has 1 aliphatic carbocycles. The first kappa shape index (κ1) is 14.0. The summed E-state index contributed by atoms with van der Waals surface area (Å²) in [5.74, 6) is -0.314. The fourth-order valence-corrected chi connectivity index (χ4v) is 4.49. The van der Waals surface area contributed by atoms with Crippen molar-refractivity contribution in [2.75, 3.05) is 0 Å². The average molecular weight is 282 g/mol. The zero-order valence-corrected chi connectivity index (χ0v) is 12.2. The average Bonchev–Trinajstić information content (AvgIpc) is 2.79. The van der Waals surface area contributed by atoms with Crippen molar-refractivity contribution in [1.29, 1.82) is 0 Å². The van der Waals surface area contributed by atoms with Gasteiger partial charge in [0.25, 0.3) is 0 Å². The number of aliphatic hydroxyl groups excluding tert-OH is 1. The summed E-state index contributed by atoms with van der Waals surface area (Å²) >= 11 is 0. The van der Waals surface area contributed by atoms with Crippen LogP contribution in [0.3, 0.4) is 0 Å². The molecule has 3 rings (SSSR count). The Bertz CT molecular complexity index is 448. The molecule has 1 N–H and O–H groups in total. The number of ether oxygens (including phenoxy) is 2. The maximum absolute atomic E-state index is 11.8. The fourth-order valence-electron chi connectivity index (χ4n) is 4.49. The van der Waals surface area contributed by atoms with E-state index < -0.39 is 18.0 Å². The van der Waals surface area contributed by atoms with Gasteiger partial charge in [-0.05, 0) is 38.0 Å². The molecule has 2 heterocycles. The van der Waals surface area contributed by atoms with Gasteiger partial charge in [0.05, 0.1) is 5.92 Å². The molecule has 1 spiro atoms. The number of rotatable bonds is 1. The van der Waals surface area contributed by atoms with E-state index in [-0.39, 0.29) is 29.5 Å². The van der Waals surface area contributed by atoms with Gasteiger partial charge >= 0.3 is 5.97 Å². The Morgan fingerprint density at radius 2 is 2.00 bits per heavy atom. The van der Waals surface area contributed by atoms with Gasteiger partial charge in [0.15, 0.2) is 5.78 Å². The van der Waals surface area contributed by atoms with E-state index >= 15 is 0 Å². The van der Waals surface area contributed by atoms with E-state index in [4.69, 9.17) is 9.47 Å². The van der Waals surface area contributed by atoms with E-state index in [0.717, 1.165) is 12.8 Å². The van der Waals surface area contributed by atoms with Crippen molar-refractivity contribution in [3.05, 3.63) is 0 Å². The minimum Gasteiger partial charge on any atom is -0.432 e. The second-order valence-corrected chi connectivity index (χ2v) is 6.65. The van der Waals surface area contributed by atoms with Crippen LogP contribution in [-0.4, -0.2) is 34.9 Å². The van der Waals surface area contributed by atoms with Crippen molar-refractivity contribution in [3.8, 4) is 0 Å². The minimum absolute atomic E-state index is 0.0171. The molecule has 0 bridgehead atoms. The molecule has 3 fully saturated rings. The van der Waals surface area contributed by atoms with Gasteiger partial charge in [-0.3, -0.25) is 9.59 Å². The number of cyclic esters (lactones) is 1.